The highest BCUT2D eigenvalue weighted by Gasteiger charge is 2.46. The van der Waals surface area contributed by atoms with Gasteiger partial charge in [0.15, 0.2) is 0 Å². The monoisotopic (exact) mass is 351 g/mol. The van der Waals surface area contributed by atoms with Crippen LogP contribution in [0.4, 0.5) is 0 Å². The molecule has 1 heterocycles. The predicted octanol–water partition coefficient (Wildman–Crippen LogP) is 2.72. The lowest BCUT2D eigenvalue weighted by Crippen LogP contribution is -2.35. The number of hydrogen-bond acceptors (Lipinski definition) is 4. The van der Waals surface area contributed by atoms with Crippen molar-refractivity contribution in [2.75, 3.05) is 0 Å². The van der Waals surface area contributed by atoms with E-state index in [-0.39, 0.29) is 4.90 Å². The van der Waals surface area contributed by atoms with E-state index in [2.05, 4.69) is 0 Å². The van der Waals surface area contributed by atoms with Gasteiger partial charge in [0.25, 0.3) is 21.3 Å². The number of nitrogens with zero attached hydrogens (tertiary/aromatic N) is 1. The van der Waals surface area contributed by atoms with E-state index >= 15 is 0 Å². The van der Waals surface area contributed by atoms with E-state index < -0.39 is 33.4 Å². The first-order valence-electron chi connectivity index (χ1n) is 7.16. The zero-order valence-corrected chi connectivity index (χ0v) is 14.4. The zero-order valence-electron chi connectivity index (χ0n) is 12.7. The van der Waals surface area contributed by atoms with E-state index in [1.54, 1.807) is 19.1 Å². The van der Waals surface area contributed by atoms with Gasteiger partial charge >= 0.3 is 0 Å². The van der Waals surface area contributed by atoms with Crippen LogP contribution in [0.3, 0.4) is 0 Å². The van der Waals surface area contributed by atoms with Gasteiger partial charge in [0.1, 0.15) is 6.10 Å². The Balaban J connectivity index is 1.96. The molecule has 0 amide bonds. The summed E-state index contributed by atoms with van der Waals surface area (Å²) in [5.74, 6) is 0. The molecule has 2 unspecified atom stereocenters. The van der Waals surface area contributed by atoms with Crippen LogP contribution >= 0.6 is 0 Å². The van der Waals surface area contributed by atoms with Crippen LogP contribution in [0.15, 0.2) is 59.5 Å². The average Bonchev–Trinajstić information content (AvgIpc) is 2.84. The van der Waals surface area contributed by atoms with Gasteiger partial charge < -0.3 is 0 Å². The molecule has 122 valence electrons. The number of benzene rings is 2. The molecule has 0 bridgehead atoms. The van der Waals surface area contributed by atoms with Gasteiger partial charge in [-0.15, -0.1) is 0 Å². The van der Waals surface area contributed by atoms with E-state index in [0.29, 0.717) is 0 Å². The molecule has 2 aromatic rings. The van der Waals surface area contributed by atoms with Crippen LogP contribution in [0, 0.1) is 6.92 Å². The van der Waals surface area contributed by atoms with Gasteiger partial charge in [-0.05, 0) is 31.5 Å². The van der Waals surface area contributed by atoms with Crippen LogP contribution in [0.2, 0.25) is 0 Å². The van der Waals surface area contributed by atoms with Crippen LogP contribution in [-0.2, 0) is 25.5 Å². The molecule has 23 heavy (non-hydrogen) atoms. The summed E-state index contributed by atoms with van der Waals surface area (Å²) in [6, 6.07) is 15.1. The number of hydrogen-bond donors (Lipinski definition) is 0. The average molecular weight is 351 g/mol. The number of aryl methyl sites for hydroxylation is 1. The molecule has 1 fully saturated rings. The Labute approximate surface area is 138 Å². The summed E-state index contributed by atoms with van der Waals surface area (Å²) >= 11 is -2.05. The summed E-state index contributed by atoms with van der Waals surface area (Å²) in [6.07, 6.45) is -0.558. The number of sulfonamides is 1. The molecule has 3 rings (SSSR count). The van der Waals surface area contributed by atoms with Gasteiger partial charge in [-0.25, -0.2) is 12.6 Å². The SMILES string of the molecule is Cc1ccc(S(=O)(=O)N2C(C)C(c3ccccc3)O[S@]2=O)cc1. The molecule has 3 atom stereocenters. The van der Waals surface area contributed by atoms with Crippen LogP contribution in [0.1, 0.15) is 24.2 Å². The second-order valence-corrected chi connectivity index (χ2v) is 8.52. The highest BCUT2D eigenvalue weighted by molar-refractivity contribution is 7.99. The molecule has 0 aliphatic carbocycles. The molecule has 1 aliphatic rings. The van der Waals surface area contributed by atoms with Crippen molar-refractivity contribution in [2.24, 2.45) is 0 Å². The van der Waals surface area contributed by atoms with Crippen LogP contribution in [-0.4, -0.2) is 22.4 Å². The first-order chi connectivity index (χ1) is 10.9. The summed E-state index contributed by atoms with van der Waals surface area (Å²) in [5.41, 5.74) is 1.76. The summed E-state index contributed by atoms with van der Waals surface area (Å²) in [6.45, 7) is 3.58. The molecule has 2 aromatic carbocycles. The van der Waals surface area contributed by atoms with E-state index in [1.165, 1.54) is 12.1 Å². The minimum atomic E-state index is -3.89. The molecule has 0 radical (unpaired) electrons. The largest absolute Gasteiger partial charge is 0.267 e. The zero-order chi connectivity index (χ0) is 16.6. The molecule has 1 saturated heterocycles. The van der Waals surface area contributed by atoms with Gasteiger partial charge in [0.05, 0.1) is 10.9 Å². The molecule has 7 heteroatoms. The third kappa shape index (κ3) is 2.97. The first-order valence-corrected chi connectivity index (χ1v) is 9.63. The Hall–Kier alpha value is -1.54. The Bertz CT molecular complexity index is 819. The van der Waals surface area contributed by atoms with Crippen LogP contribution < -0.4 is 0 Å². The Morgan fingerprint density at radius 2 is 1.65 bits per heavy atom. The quantitative estimate of drug-likeness (QED) is 0.853. The lowest BCUT2D eigenvalue weighted by Gasteiger charge is -2.19. The first kappa shape index (κ1) is 16.3. The van der Waals surface area contributed by atoms with E-state index in [1.807, 2.05) is 37.3 Å². The van der Waals surface area contributed by atoms with Crippen molar-refractivity contribution in [2.45, 2.75) is 30.9 Å². The predicted molar refractivity (Wildman–Crippen MR) is 88.1 cm³/mol. The second-order valence-electron chi connectivity index (χ2n) is 5.46. The van der Waals surface area contributed by atoms with Gasteiger partial charge in [-0.2, -0.15) is 0 Å². The fourth-order valence-electron chi connectivity index (χ4n) is 2.55. The molecule has 0 aromatic heterocycles. The maximum atomic E-state index is 12.8. The molecule has 0 spiro atoms. The fourth-order valence-corrected chi connectivity index (χ4v) is 5.70. The smallest absolute Gasteiger partial charge is 0.256 e. The van der Waals surface area contributed by atoms with Gasteiger partial charge in [0, 0.05) is 0 Å². The maximum absolute atomic E-state index is 12.8. The summed E-state index contributed by atoms with van der Waals surface area (Å²) in [4.78, 5) is 0.112. The van der Waals surface area contributed by atoms with Crippen LogP contribution in [0.5, 0.6) is 0 Å². The Morgan fingerprint density at radius 3 is 2.26 bits per heavy atom. The third-order valence-electron chi connectivity index (χ3n) is 3.79. The molecular weight excluding hydrogens is 334 g/mol. The van der Waals surface area contributed by atoms with Crippen molar-refractivity contribution in [1.29, 1.82) is 0 Å². The van der Waals surface area contributed by atoms with Crippen molar-refractivity contribution in [3.05, 3.63) is 65.7 Å². The minimum absolute atomic E-state index is 0.112. The topological polar surface area (TPSA) is 63.7 Å². The van der Waals surface area contributed by atoms with Crippen molar-refractivity contribution < 1.29 is 16.8 Å². The van der Waals surface area contributed by atoms with Gasteiger partial charge in [-0.3, -0.25) is 4.18 Å². The third-order valence-corrected chi connectivity index (χ3v) is 7.41. The van der Waals surface area contributed by atoms with Crippen molar-refractivity contribution in [3.8, 4) is 0 Å². The van der Waals surface area contributed by atoms with Gasteiger partial charge in [-0.1, -0.05) is 51.7 Å². The molecule has 0 N–H and O–H groups in total. The van der Waals surface area contributed by atoms with E-state index in [4.69, 9.17) is 4.18 Å². The van der Waals surface area contributed by atoms with Crippen molar-refractivity contribution >= 4 is 21.3 Å². The number of rotatable bonds is 3. The normalized spacial score (nSPS) is 25.6. The Kier molecular flexibility index (Phi) is 4.37. The Morgan fingerprint density at radius 1 is 1.04 bits per heavy atom. The van der Waals surface area contributed by atoms with Crippen molar-refractivity contribution in [1.82, 2.24) is 3.71 Å². The molecule has 0 saturated carbocycles. The standard InChI is InChI=1S/C16H17NO4S2/c1-12-8-10-15(11-9-12)23(19,20)17-13(2)16(21-22(17)18)14-6-4-3-5-7-14/h3-11,13,16H,1-2H3/t13?,16?,22-/m1/s1. The maximum Gasteiger partial charge on any atom is 0.256 e. The molecule has 1 aliphatic heterocycles. The van der Waals surface area contributed by atoms with Crippen molar-refractivity contribution in [3.63, 3.8) is 0 Å². The van der Waals surface area contributed by atoms with E-state index in [9.17, 15) is 12.6 Å². The van der Waals surface area contributed by atoms with E-state index in [0.717, 1.165) is 14.8 Å². The fraction of sp³-hybridized carbons (Fsp3) is 0.250. The molecular formula is C16H17NO4S2. The molecule has 5 nitrogen and oxygen atoms in total. The summed E-state index contributed by atoms with van der Waals surface area (Å²) in [5, 5.41) is 0. The highest BCUT2D eigenvalue weighted by atomic mass is 32.3. The highest BCUT2D eigenvalue weighted by Crippen LogP contribution is 2.37. The lowest BCUT2D eigenvalue weighted by atomic mass is 10.0. The second kappa shape index (κ2) is 6.16. The van der Waals surface area contributed by atoms with Crippen LogP contribution in [0.25, 0.3) is 0 Å². The van der Waals surface area contributed by atoms with Gasteiger partial charge in [0.2, 0.25) is 0 Å². The minimum Gasteiger partial charge on any atom is -0.267 e. The summed E-state index contributed by atoms with van der Waals surface area (Å²) in [7, 11) is -3.89. The summed E-state index contributed by atoms with van der Waals surface area (Å²) < 4.78 is 44.2. The lowest BCUT2D eigenvalue weighted by molar-refractivity contribution is 0.226.